The molecule has 2 atom stereocenters. The van der Waals surface area contributed by atoms with Gasteiger partial charge in [0.15, 0.2) is 0 Å². The van der Waals surface area contributed by atoms with Crippen LogP contribution in [0.4, 0.5) is 0 Å². The molecule has 120 valence electrons. The fourth-order valence-corrected chi connectivity index (χ4v) is 2.32. The van der Waals surface area contributed by atoms with E-state index in [2.05, 4.69) is 46.9 Å². The molecule has 2 N–H and O–H groups in total. The highest BCUT2D eigenvalue weighted by molar-refractivity contribution is 9.10. The molecule has 21 heavy (non-hydrogen) atoms. The van der Waals surface area contributed by atoms with Crippen LogP contribution in [0, 0.1) is 0 Å². The van der Waals surface area contributed by atoms with Gasteiger partial charge in [-0.05, 0) is 44.3 Å². The molecule has 0 amide bonds. The second kappa shape index (κ2) is 10.2. The van der Waals surface area contributed by atoms with E-state index in [1.165, 1.54) is 0 Å². The van der Waals surface area contributed by atoms with Crippen molar-refractivity contribution in [1.29, 1.82) is 0 Å². The molecule has 0 aromatic heterocycles. The van der Waals surface area contributed by atoms with E-state index in [9.17, 15) is 5.11 Å². The number of nitrogens with one attached hydrogen (secondary N) is 1. The van der Waals surface area contributed by atoms with E-state index in [1.54, 1.807) is 0 Å². The second-order valence-corrected chi connectivity index (χ2v) is 6.13. The molecule has 0 aliphatic carbocycles. The maximum absolute atomic E-state index is 9.95. The lowest BCUT2D eigenvalue weighted by molar-refractivity contribution is 0.102. The van der Waals surface area contributed by atoms with Crippen molar-refractivity contribution >= 4 is 15.9 Å². The molecule has 0 fully saturated rings. The Kier molecular flexibility index (Phi) is 8.92. The highest BCUT2D eigenvalue weighted by atomic mass is 79.9. The van der Waals surface area contributed by atoms with Gasteiger partial charge in [-0.1, -0.05) is 29.8 Å². The summed E-state index contributed by atoms with van der Waals surface area (Å²) in [7, 11) is 0. The molecule has 0 saturated heterocycles. The zero-order chi connectivity index (χ0) is 15.7. The summed E-state index contributed by atoms with van der Waals surface area (Å²) in [6.07, 6.45) is -0.507. The number of benzene rings is 1. The van der Waals surface area contributed by atoms with Gasteiger partial charge >= 0.3 is 0 Å². The van der Waals surface area contributed by atoms with E-state index in [0.717, 1.165) is 29.9 Å². The first-order valence-electron chi connectivity index (χ1n) is 7.57. The van der Waals surface area contributed by atoms with Crippen molar-refractivity contribution in [2.24, 2.45) is 0 Å². The van der Waals surface area contributed by atoms with Crippen molar-refractivity contribution < 1.29 is 9.84 Å². The van der Waals surface area contributed by atoms with Crippen molar-refractivity contribution in [2.75, 3.05) is 32.8 Å². The smallest absolute Gasteiger partial charge is 0.119 e. The number of halogens is 1. The van der Waals surface area contributed by atoms with Crippen LogP contribution in [-0.4, -0.2) is 54.9 Å². The number of rotatable bonds is 10. The Morgan fingerprint density at radius 2 is 1.86 bits per heavy atom. The summed E-state index contributed by atoms with van der Waals surface area (Å²) in [6, 6.07) is 7.96. The summed E-state index contributed by atoms with van der Waals surface area (Å²) in [5, 5.41) is 13.3. The van der Waals surface area contributed by atoms with E-state index in [4.69, 9.17) is 4.74 Å². The topological polar surface area (TPSA) is 44.7 Å². The average molecular weight is 359 g/mol. The van der Waals surface area contributed by atoms with E-state index in [1.807, 2.05) is 24.3 Å². The number of hydrogen-bond acceptors (Lipinski definition) is 4. The number of ether oxygens (including phenoxy) is 1. The van der Waals surface area contributed by atoms with Crippen molar-refractivity contribution in [1.82, 2.24) is 10.2 Å². The Morgan fingerprint density at radius 3 is 2.43 bits per heavy atom. The molecule has 1 rings (SSSR count). The maximum atomic E-state index is 9.95. The van der Waals surface area contributed by atoms with Gasteiger partial charge in [-0.3, -0.25) is 0 Å². The van der Waals surface area contributed by atoms with Gasteiger partial charge in [0.2, 0.25) is 0 Å². The van der Waals surface area contributed by atoms with Crippen molar-refractivity contribution in [3.05, 3.63) is 28.7 Å². The van der Waals surface area contributed by atoms with Gasteiger partial charge in [-0.2, -0.15) is 0 Å². The zero-order valence-electron chi connectivity index (χ0n) is 13.2. The third-order valence-corrected chi connectivity index (χ3v) is 3.91. The zero-order valence-corrected chi connectivity index (χ0v) is 14.8. The minimum atomic E-state index is -0.507. The number of hydrogen-bond donors (Lipinski definition) is 2. The molecule has 0 saturated carbocycles. The van der Waals surface area contributed by atoms with Gasteiger partial charge in [0, 0.05) is 23.6 Å². The molecule has 5 heteroatoms. The minimum Gasteiger partial charge on any atom is -0.491 e. The Labute approximate surface area is 136 Å². The Bertz CT molecular complexity index is 382. The number of nitrogens with zero attached hydrogens (tertiary/aromatic N) is 1. The fourth-order valence-electron chi connectivity index (χ4n) is 2.05. The fraction of sp³-hybridized carbons (Fsp3) is 0.625. The quantitative estimate of drug-likeness (QED) is 0.674. The summed E-state index contributed by atoms with van der Waals surface area (Å²) >= 11 is 3.38. The van der Waals surface area contributed by atoms with Crippen molar-refractivity contribution in [3.8, 4) is 5.75 Å². The number of aliphatic hydroxyl groups is 1. The predicted octanol–water partition coefficient (Wildman–Crippen LogP) is 2.51. The van der Waals surface area contributed by atoms with E-state index in [0.29, 0.717) is 19.2 Å². The lowest BCUT2D eigenvalue weighted by atomic mass is 10.2. The predicted molar refractivity (Wildman–Crippen MR) is 90.9 cm³/mol. The molecular weight excluding hydrogens is 332 g/mol. The molecular formula is C16H27BrN2O2. The van der Waals surface area contributed by atoms with E-state index >= 15 is 0 Å². The van der Waals surface area contributed by atoms with Crippen LogP contribution in [0.5, 0.6) is 5.75 Å². The molecule has 0 spiro atoms. The first-order valence-corrected chi connectivity index (χ1v) is 8.36. The van der Waals surface area contributed by atoms with E-state index < -0.39 is 6.10 Å². The molecule has 1 aromatic rings. The molecule has 1 aromatic carbocycles. The monoisotopic (exact) mass is 358 g/mol. The Hall–Kier alpha value is -0.620. The average Bonchev–Trinajstić information content (AvgIpc) is 2.50. The molecule has 2 unspecified atom stereocenters. The maximum Gasteiger partial charge on any atom is 0.119 e. The van der Waals surface area contributed by atoms with Gasteiger partial charge in [0.05, 0.1) is 0 Å². The van der Waals surface area contributed by atoms with Crippen LogP contribution in [0.3, 0.4) is 0 Å². The molecule has 0 bridgehead atoms. The van der Waals surface area contributed by atoms with Gasteiger partial charge in [-0.15, -0.1) is 0 Å². The van der Waals surface area contributed by atoms with Crippen LogP contribution in [0.2, 0.25) is 0 Å². The van der Waals surface area contributed by atoms with Crippen LogP contribution in [0.1, 0.15) is 20.8 Å². The minimum absolute atomic E-state index is 0.298. The molecule has 0 aliphatic heterocycles. The summed E-state index contributed by atoms with van der Waals surface area (Å²) < 4.78 is 6.57. The summed E-state index contributed by atoms with van der Waals surface area (Å²) in [5.74, 6) is 0.772. The molecule has 0 radical (unpaired) electrons. The first kappa shape index (κ1) is 18.4. The van der Waals surface area contributed by atoms with Crippen LogP contribution >= 0.6 is 15.9 Å². The summed E-state index contributed by atoms with van der Waals surface area (Å²) in [6.45, 7) is 10.4. The van der Waals surface area contributed by atoms with Crippen LogP contribution in [0.25, 0.3) is 0 Å². The molecule has 0 heterocycles. The first-order chi connectivity index (χ1) is 10.0. The number of likely N-dealkylation sites (N-methyl/N-ethyl adjacent to an activating group) is 1. The third-order valence-electron chi connectivity index (χ3n) is 3.38. The SMILES string of the molecule is CCN(CC)CC(C)NCC(O)COc1ccc(Br)cc1. The summed E-state index contributed by atoms with van der Waals surface area (Å²) in [4.78, 5) is 2.36. The van der Waals surface area contributed by atoms with E-state index in [-0.39, 0.29) is 0 Å². The Balaban J connectivity index is 2.21. The highest BCUT2D eigenvalue weighted by Crippen LogP contribution is 2.16. The Morgan fingerprint density at radius 1 is 1.24 bits per heavy atom. The molecule has 4 nitrogen and oxygen atoms in total. The lowest BCUT2D eigenvalue weighted by Gasteiger charge is -2.24. The largest absolute Gasteiger partial charge is 0.491 e. The third kappa shape index (κ3) is 7.81. The standard InChI is InChI=1S/C16H27BrN2O2/c1-4-19(5-2)11-13(3)18-10-15(20)12-21-16-8-6-14(17)7-9-16/h6-9,13,15,18,20H,4-5,10-12H2,1-3H3. The summed E-state index contributed by atoms with van der Waals surface area (Å²) in [5.41, 5.74) is 0. The van der Waals surface area contributed by atoms with Crippen molar-refractivity contribution in [3.63, 3.8) is 0 Å². The second-order valence-electron chi connectivity index (χ2n) is 5.21. The van der Waals surface area contributed by atoms with Gasteiger partial charge in [0.25, 0.3) is 0 Å². The molecule has 0 aliphatic rings. The normalized spacial score (nSPS) is 14.2. The highest BCUT2D eigenvalue weighted by Gasteiger charge is 2.10. The van der Waals surface area contributed by atoms with Gasteiger partial charge in [0.1, 0.15) is 18.5 Å². The van der Waals surface area contributed by atoms with Crippen LogP contribution < -0.4 is 10.1 Å². The number of aliphatic hydroxyl groups excluding tert-OH is 1. The van der Waals surface area contributed by atoms with Crippen molar-refractivity contribution in [2.45, 2.75) is 32.9 Å². The van der Waals surface area contributed by atoms with Crippen LogP contribution in [0.15, 0.2) is 28.7 Å². The lowest BCUT2D eigenvalue weighted by Crippen LogP contribution is -2.43. The van der Waals surface area contributed by atoms with Crippen LogP contribution in [-0.2, 0) is 0 Å². The van der Waals surface area contributed by atoms with Gasteiger partial charge < -0.3 is 20.1 Å². The van der Waals surface area contributed by atoms with Gasteiger partial charge in [-0.25, -0.2) is 0 Å².